The molecule has 6 heteroatoms. The summed E-state index contributed by atoms with van der Waals surface area (Å²) in [5, 5.41) is 0. The van der Waals surface area contributed by atoms with E-state index in [0.29, 0.717) is 5.82 Å². The summed E-state index contributed by atoms with van der Waals surface area (Å²) in [6.07, 6.45) is 1.79. The Hall–Kier alpha value is -1.82. The maximum Gasteiger partial charge on any atom is 0.219 e. The number of carbonyl (C=O) groups excluding carboxylic acids is 1. The zero-order chi connectivity index (χ0) is 12.3. The van der Waals surface area contributed by atoms with Crippen LogP contribution < -0.4 is 16.2 Å². The third kappa shape index (κ3) is 2.65. The molecule has 1 amide bonds. The Morgan fingerprint density at radius 1 is 1.35 bits per heavy atom. The normalized spacial score (nSPS) is 15.9. The van der Waals surface area contributed by atoms with Gasteiger partial charge in [0, 0.05) is 33.1 Å². The van der Waals surface area contributed by atoms with Gasteiger partial charge in [-0.2, -0.15) is 0 Å². The van der Waals surface area contributed by atoms with Crippen LogP contribution in [0, 0.1) is 0 Å². The number of rotatable bonds is 2. The Bertz CT molecular complexity index is 383. The molecular formula is C11H17N5O. The molecule has 6 nitrogen and oxygen atoms in total. The maximum atomic E-state index is 11.2. The summed E-state index contributed by atoms with van der Waals surface area (Å²) in [5.74, 6) is 6.05. The van der Waals surface area contributed by atoms with Crippen LogP contribution in [0.2, 0.25) is 0 Å². The van der Waals surface area contributed by atoms with E-state index in [-0.39, 0.29) is 5.91 Å². The molecule has 1 saturated heterocycles. The molecule has 2 rings (SSSR count). The van der Waals surface area contributed by atoms with E-state index in [1.54, 1.807) is 13.1 Å². The lowest BCUT2D eigenvalue weighted by atomic mass is 10.2. The zero-order valence-corrected chi connectivity index (χ0v) is 9.89. The number of carbonyl (C=O) groups is 1. The number of amides is 1. The van der Waals surface area contributed by atoms with Crippen molar-refractivity contribution in [3.05, 3.63) is 18.3 Å². The minimum Gasteiger partial charge on any atom is -0.367 e. The number of nitrogens with zero attached hydrogens (tertiary/aromatic N) is 3. The molecule has 0 aromatic carbocycles. The number of aromatic nitrogens is 1. The molecule has 1 aliphatic heterocycles. The number of piperazine rings is 1. The van der Waals surface area contributed by atoms with E-state index in [4.69, 9.17) is 5.84 Å². The SMILES string of the molecule is CC(=O)N1CCN(c2ccc(NN)nc2)CC1. The molecule has 1 aliphatic rings. The maximum absolute atomic E-state index is 11.2. The first kappa shape index (κ1) is 11.7. The molecular weight excluding hydrogens is 218 g/mol. The molecule has 0 spiro atoms. The van der Waals surface area contributed by atoms with E-state index in [1.807, 2.05) is 17.0 Å². The van der Waals surface area contributed by atoms with Gasteiger partial charge in [0.05, 0.1) is 11.9 Å². The summed E-state index contributed by atoms with van der Waals surface area (Å²) >= 11 is 0. The third-order valence-electron chi connectivity index (χ3n) is 2.99. The fraction of sp³-hybridized carbons (Fsp3) is 0.455. The van der Waals surface area contributed by atoms with E-state index in [9.17, 15) is 4.79 Å². The van der Waals surface area contributed by atoms with Gasteiger partial charge in [-0.25, -0.2) is 10.8 Å². The van der Waals surface area contributed by atoms with Crippen LogP contribution in [0.5, 0.6) is 0 Å². The van der Waals surface area contributed by atoms with Gasteiger partial charge >= 0.3 is 0 Å². The first-order valence-corrected chi connectivity index (χ1v) is 5.64. The summed E-state index contributed by atoms with van der Waals surface area (Å²) in [6.45, 7) is 4.84. The van der Waals surface area contributed by atoms with Crippen molar-refractivity contribution in [3.63, 3.8) is 0 Å². The van der Waals surface area contributed by atoms with E-state index in [2.05, 4.69) is 15.3 Å². The van der Waals surface area contributed by atoms with Crippen LogP contribution in [0.1, 0.15) is 6.92 Å². The fourth-order valence-electron chi connectivity index (χ4n) is 1.94. The average Bonchev–Trinajstić information content (AvgIpc) is 2.39. The molecule has 0 bridgehead atoms. The van der Waals surface area contributed by atoms with Crippen molar-refractivity contribution >= 4 is 17.4 Å². The minimum atomic E-state index is 0.144. The second-order valence-electron chi connectivity index (χ2n) is 4.04. The highest BCUT2D eigenvalue weighted by molar-refractivity contribution is 5.73. The van der Waals surface area contributed by atoms with Crippen molar-refractivity contribution in [3.8, 4) is 0 Å². The number of nitrogen functional groups attached to an aromatic ring is 1. The lowest BCUT2D eigenvalue weighted by molar-refractivity contribution is -0.129. The van der Waals surface area contributed by atoms with Crippen molar-refractivity contribution in [2.24, 2.45) is 5.84 Å². The molecule has 1 aromatic rings. The van der Waals surface area contributed by atoms with Gasteiger partial charge in [-0.1, -0.05) is 0 Å². The zero-order valence-electron chi connectivity index (χ0n) is 9.89. The van der Waals surface area contributed by atoms with Crippen LogP contribution in [0.15, 0.2) is 18.3 Å². The number of hydrogen-bond acceptors (Lipinski definition) is 5. The first-order chi connectivity index (χ1) is 8.20. The van der Waals surface area contributed by atoms with Gasteiger partial charge in [0.2, 0.25) is 5.91 Å². The third-order valence-corrected chi connectivity index (χ3v) is 2.99. The van der Waals surface area contributed by atoms with Gasteiger partial charge in [-0.15, -0.1) is 0 Å². The van der Waals surface area contributed by atoms with Crippen molar-refractivity contribution < 1.29 is 4.79 Å². The molecule has 1 fully saturated rings. The van der Waals surface area contributed by atoms with Crippen molar-refractivity contribution in [2.45, 2.75) is 6.92 Å². The van der Waals surface area contributed by atoms with Crippen LogP contribution in [-0.4, -0.2) is 42.0 Å². The Balaban J connectivity index is 1.97. The summed E-state index contributed by atoms with van der Waals surface area (Å²) in [4.78, 5) is 19.4. The number of pyridine rings is 1. The van der Waals surface area contributed by atoms with E-state index in [0.717, 1.165) is 31.9 Å². The van der Waals surface area contributed by atoms with Gasteiger partial charge in [-0.3, -0.25) is 4.79 Å². The molecule has 92 valence electrons. The fourth-order valence-corrected chi connectivity index (χ4v) is 1.94. The average molecular weight is 235 g/mol. The number of hydrazine groups is 1. The smallest absolute Gasteiger partial charge is 0.219 e. The van der Waals surface area contributed by atoms with Crippen LogP contribution in [0.3, 0.4) is 0 Å². The lowest BCUT2D eigenvalue weighted by Crippen LogP contribution is -2.48. The molecule has 3 N–H and O–H groups in total. The minimum absolute atomic E-state index is 0.144. The van der Waals surface area contributed by atoms with Crippen LogP contribution in [0.4, 0.5) is 11.5 Å². The van der Waals surface area contributed by atoms with Gasteiger partial charge in [0.1, 0.15) is 5.82 Å². The van der Waals surface area contributed by atoms with E-state index >= 15 is 0 Å². The highest BCUT2D eigenvalue weighted by Crippen LogP contribution is 2.16. The van der Waals surface area contributed by atoms with Crippen LogP contribution >= 0.6 is 0 Å². The number of hydrogen-bond donors (Lipinski definition) is 2. The van der Waals surface area contributed by atoms with Gasteiger partial charge in [0.15, 0.2) is 0 Å². The number of nitrogens with two attached hydrogens (primary N) is 1. The molecule has 1 aromatic heterocycles. The predicted molar refractivity (Wildman–Crippen MR) is 66.5 cm³/mol. The van der Waals surface area contributed by atoms with Gasteiger partial charge in [0.25, 0.3) is 0 Å². The van der Waals surface area contributed by atoms with Gasteiger partial charge in [-0.05, 0) is 12.1 Å². The Morgan fingerprint density at radius 2 is 2.06 bits per heavy atom. The summed E-state index contributed by atoms with van der Waals surface area (Å²) in [7, 11) is 0. The molecule has 17 heavy (non-hydrogen) atoms. The van der Waals surface area contributed by atoms with Crippen molar-refractivity contribution in [1.29, 1.82) is 0 Å². The first-order valence-electron chi connectivity index (χ1n) is 5.64. The van der Waals surface area contributed by atoms with Crippen LogP contribution in [0.25, 0.3) is 0 Å². The predicted octanol–water partition coefficient (Wildman–Crippen LogP) is 0.0357. The largest absolute Gasteiger partial charge is 0.367 e. The van der Waals surface area contributed by atoms with Crippen molar-refractivity contribution in [2.75, 3.05) is 36.5 Å². The second kappa shape index (κ2) is 5.01. The van der Waals surface area contributed by atoms with Gasteiger partial charge < -0.3 is 15.2 Å². The monoisotopic (exact) mass is 235 g/mol. The topological polar surface area (TPSA) is 74.5 Å². The molecule has 2 heterocycles. The molecule has 0 aliphatic carbocycles. The summed E-state index contributed by atoms with van der Waals surface area (Å²) in [6, 6.07) is 3.82. The number of anilines is 2. The Labute approximate surface area is 100 Å². The molecule has 0 radical (unpaired) electrons. The standard InChI is InChI=1S/C11H17N5O/c1-9(17)15-4-6-16(7-5-15)10-2-3-11(14-12)13-8-10/h2-3,8H,4-7,12H2,1H3,(H,13,14). The Morgan fingerprint density at radius 3 is 2.53 bits per heavy atom. The van der Waals surface area contributed by atoms with Crippen LogP contribution in [-0.2, 0) is 4.79 Å². The highest BCUT2D eigenvalue weighted by atomic mass is 16.2. The highest BCUT2D eigenvalue weighted by Gasteiger charge is 2.18. The Kier molecular flexibility index (Phi) is 3.43. The lowest BCUT2D eigenvalue weighted by Gasteiger charge is -2.35. The quantitative estimate of drug-likeness (QED) is 0.559. The molecule has 0 atom stereocenters. The summed E-state index contributed by atoms with van der Waals surface area (Å²) in [5.41, 5.74) is 3.56. The number of nitrogens with one attached hydrogen (secondary N) is 1. The summed E-state index contributed by atoms with van der Waals surface area (Å²) < 4.78 is 0. The second-order valence-corrected chi connectivity index (χ2v) is 4.04. The molecule has 0 saturated carbocycles. The van der Waals surface area contributed by atoms with E-state index < -0.39 is 0 Å². The van der Waals surface area contributed by atoms with Crippen molar-refractivity contribution in [1.82, 2.24) is 9.88 Å². The van der Waals surface area contributed by atoms with E-state index in [1.165, 1.54) is 0 Å². The molecule has 0 unspecified atom stereocenters.